The van der Waals surface area contributed by atoms with Crippen LogP contribution in [-0.2, 0) is 21.2 Å². The van der Waals surface area contributed by atoms with Gasteiger partial charge in [0.15, 0.2) is 9.84 Å². The fourth-order valence-corrected chi connectivity index (χ4v) is 5.10. The van der Waals surface area contributed by atoms with Gasteiger partial charge in [-0.1, -0.05) is 29.8 Å². The van der Waals surface area contributed by atoms with E-state index < -0.39 is 9.84 Å². The minimum absolute atomic E-state index is 0.0219. The lowest BCUT2D eigenvalue weighted by atomic mass is 10.1. The molecule has 1 saturated heterocycles. The van der Waals surface area contributed by atoms with Crippen molar-refractivity contribution in [2.24, 2.45) is 0 Å². The van der Waals surface area contributed by atoms with Gasteiger partial charge in [0.05, 0.1) is 11.5 Å². The molecule has 4 rings (SSSR count). The van der Waals surface area contributed by atoms with Crippen LogP contribution in [0, 0.1) is 6.92 Å². The maximum atomic E-state index is 12.8. The predicted molar refractivity (Wildman–Crippen MR) is 94.9 cm³/mol. The van der Waals surface area contributed by atoms with E-state index in [-0.39, 0.29) is 36.0 Å². The summed E-state index contributed by atoms with van der Waals surface area (Å²) in [6.07, 6.45) is 2.38. The third-order valence-corrected chi connectivity index (χ3v) is 6.62. The van der Waals surface area contributed by atoms with Gasteiger partial charge in [0, 0.05) is 17.6 Å². The van der Waals surface area contributed by atoms with E-state index in [4.69, 9.17) is 0 Å². The third kappa shape index (κ3) is 3.62. The van der Waals surface area contributed by atoms with Gasteiger partial charge in [-0.2, -0.15) is 4.80 Å². The van der Waals surface area contributed by atoms with Crippen molar-refractivity contribution >= 4 is 15.7 Å². The SMILES string of the molecule is Cc1ccc(-c2nnn(CC(=O)N(C3CC3)[C@H]3CCS(=O)(=O)C3)n2)cc1. The molecule has 2 aliphatic rings. The average Bonchev–Trinajstić information content (AvgIpc) is 3.20. The van der Waals surface area contributed by atoms with Crippen molar-refractivity contribution in [3.05, 3.63) is 29.8 Å². The standard InChI is InChI=1S/C17H21N5O3S/c1-12-2-4-13(5-3-12)17-18-20-21(19-17)10-16(23)22(14-6-7-14)15-8-9-26(24,25)11-15/h2-5,14-15H,6-11H2,1H3/t15-/m0/s1. The van der Waals surface area contributed by atoms with Crippen LogP contribution in [0.4, 0.5) is 0 Å². The molecule has 8 nitrogen and oxygen atoms in total. The van der Waals surface area contributed by atoms with Crippen LogP contribution in [0.5, 0.6) is 0 Å². The van der Waals surface area contributed by atoms with E-state index in [2.05, 4.69) is 15.4 Å². The highest BCUT2D eigenvalue weighted by atomic mass is 32.2. The van der Waals surface area contributed by atoms with E-state index in [0.29, 0.717) is 12.2 Å². The van der Waals surface area contributed by atoms with Gasteiger partial charge in [0.25, 0.3) is 0 Å². The lowest BCUT2D eigenvalue weighted by Crippen LogP contribution is -2.44. The van der Waals surface area contributed by atoms with Gasteiger partial charge in [-0.3, -0.25) is 4.79 Å². The molecule has 1 aliphatic heterocycles. The summed E-state index contributed by atoms with van der Waals surface area (Å²) in [5.74, 6) is 0.559. The maximum absolute atomic E-state index is 12.8. The summed E-state index contributed by atoms with van der Waals surface area (Å²) >= 11 is 0. The first kappa shape index (κ1) is 17.1. The molecule has 2 fully saturated rings. The Hall–Kier alpha value is -2.29. The molecule has 2 aromatic rings. The smallest absolute Gasteiger partial charge is 0.246 e. The Morgan fingerprint density at radius 1 is 1.19 bits per heavy atom. The Morgan fingerprint density at radius 3 is 2.54 bits per heavy atom. The van der Waals surface area contributed by atoms with Crippen LogP contribution in [0.25, 0.3) is 11.4 Å². The largest absolute Gasteiger partial charge is 0.334 e. The van der Waals surface area contributed by atoms with Crippen molar-refractivity contribution in [1.29, 1.82) is 0 Å². The van der Waals surface area contributed by atoms with E-state index in [1.807, 2.05) is 31.2 Å². The highest BCUT2D eigenvalue weighted by Gasteiger charge is 2.42. The van der Waals surface area contributed by atoms with Crippen molar-refractivity contribution in [2.75, 3.05) is 11.5 Å². The molecule has 0 N–H and O–H groups in total. The molecule has 2 heterocycles. The first-order chi connectivity index (χ1) is 12.4. The highest BCUT2D eigenvalue weighted by Crippen LogP contribution is 2.32. The zero-order valence-electron chi connectivity index (χ0n) is 14.6. The normalized spacial score (nSPS) is 21.7. The zero-order chi connectivity index (χ0) is 18.3. The molecule has 1 atom stereocenters. The molecular weight excluding hydrogens is 354 g/mol. The summed E-state index contributed by atoms with van der Waals surface area (Å²) in [7, 11) is -3.03. The topological polar surface area (TPSA) is 98.0 Å². The average molecular weight is 375 g/mol. The monoisotopic (exact) mass is 375 g/mol. The van der Waals surface area contributed by atoms with Crippen molar-refractivity contribution in [3.63, 3.8) is 0 Å². The van der Waals surface area contributed by atoms with Gasteiger partial charge in [0.2, 0.25) is 11.7 Å². The van der Waals surface area contributed by atoms with Gasteiger partial charge in [-0.15, -0.1) is 10.2 Å². The number of aromatic nitrogens is 4. The van der Waals surface area contributed by atoms with E-state index in [0.717, 1.165) is 24.0 Å². The summed E-state index contributed by atoms with van der Waals surface area (Å²) in [5.41, 5.74) is 1.98. The first-order valence-electron chi connectivity index (χ1n) is 8.78. The summed E-state index contributed by atoms with van der Waals surface area (Å²) in [4.78, 5) is 15.8. The zero-order valence-corrected chi connectivity index (χ0v) is 15.4. The van der Waals surface area contributed by atoms with Crippen LogP contribution >= 0.6 is 0 Å². The van der Waals surface area contributed by atoms with Crippen molar-refractivity contribution in [1.82, 2.24) is 25.1 Å². The van der Waals surface area contributed by atoms with Gasteiger partial charge in [-0.25, -0.2) is 8.42 Å². The van der Waals surface area contributed by atoms with Crippen LogP contribution < -0.4 is 0 Å². The Bertz CT molecular complexity index is 918. The minimum Gasteiger partial charge on any atom is -0.334 e. The van der Waals surface area contributed by atoms with Crippen LogP contribution in [0.3, 0.4) is 0 Å². The number of tetrazole rings is 1. The Morgan fingerprint density at radius 2 is 1.92 bits per heavy atom. The number of rotatable bonds is 5. The van der Waals surface area contributed by atoms with E-state index in [9.17, 15) is 13.2 Å². The molecular formula is C17H21N5O3S. The maximum Gasteiger partial charge on any atom is 0.246 e. The van der Waals surface area contributed by atoms with Crippen molar-refractivity contribution in [2.45, 2.75) is 44.8 Å². The molecule has 1 saturated carbocycles. The Labute approximate surface area is 152 Å². The number of carbonyl (C=O) groups excluding carboxylic acids is 1. The molecule has 1 aromatic heterocycles. The molecule has 0 spiro atoms. The third-order valence-electron chi connectivity index (χ3n) is 4.87. The second-order valence-electron chi connectivity index (χ2n) is 7.10. The lowest BCUT2D eigenvalue weighted by Gasteiger charge is -2.28. The summed E-state index contributed by atoms with van der Waals surface area (Å²) in [6.45, 7) is 1.98. The molecule has 1 amide bonds. The van der Waals surface area contributed by atoms with Crippen molar-refractivity contribution in [3.8, 4) is 11.4 Å². The van der Waals surface area contributed by atoms with E-state index >= 15 is 0 Å². The quantitative estimate of drug-likeness (QED) is 0.768. The summed E-state index contributed by atoms with van der Waals surface area (Å²) in [5, 5.41) is 12.3. The van der Waals surface area contributed by atoms with Gasteiger partial charge in [-0.05, 0) is 31.4 Å². The molecule has 0 unspecified atom stereocenters. The molecule has 138 valence electrons. The second kappa shape index (κ2) is 6.46. The van der Waals surface area contributed by atoms with Gasteiger partial charge < -0.3 is 4.90 Å². The van der Waals surface area contributed by atoms with E-state index in [1.54, 1.807) is 4.90 Å². The number of benzene rings is 1. The van der Waals surface area contributed by atoms with Crippen LogP contribution in [0.2, 0.25) is 0 Å². The van der Waals surface area contributed by atoms with Crippen LogP contribution in [-0.4, -0.2) is 63.0 Å². The molecule has 1 aliphatic carbocycles. The predicted octanol–water partition coefficient (Wildman–Crippen LogP) is 0.827. The number of aryl methyl sites for hydroxylation is 1. The molecule has 26 heavy (non-hydrogen) atoms. The molecule has 0 radical (unpaired) electrons. The van der Waals surface area contributed by atoms with Crippen LogP contribution in [0.15, 0.2) is 24.3 Å². The molecule has 9 heteroatoms. The molecule has 1 aromatic carbocycles. The highest BCUT2D eigenvalue weighted by molar-refractivity contribution is 7.91. The van der Waals surface area contributed by atoms with E-state index in [1.165, 1.54) is 4.80 Å². The number of hydrogen-bond acceptors (Lipinski definition) is 6. The summed E-state index contributed by atoms with van der Waals surface area (Å²) in [6, 6.07) is 7.70. The molecule has 0 bridgehead atoms. The Kier molecular flexibility index (Phi) is 4.26. The number of sulfone groups is 1. The first-order valence-corrected chi connectivity index (χ1v) is 10.6. The van der Waals surface area contributed by atoms with Crippen molar-refractivity contribution < 1.29 is 13.2 Å². The summed E-state index contributed by atoms with van der Waals surface area (Å²) < 4.78 is 23.6. The number of carbonyl (C=O) groups is 1. The number of amides is 1. The van der Waals surface area contributed by atoms with Crippen LogP contribution in [0.1, 0.15) is 24.8 Å². The van der Waals surface area contributed by atoms with Gasteiger partial charge >= 0.3 is 0 Å². The minimum atomic E-state index is -3.03. The Balaban J connectivity index is 1.48. The lowest BCUT2D eigenvalue weighted by molar-refractivity contribution is -0.134. The number of hydrogen-bond donors (Lipinski definition) is 0. The fourth-order valence-electron chi connectivity index (χ4n) is 3.38. The number of nitrogens with zero attached hydrogens (tertiary/aromatic N) is 5. The second-order valence-corrected chi connectivity index (χ2v) is 9.33. The fraction of sp³-hybridized carbons (Fsp3) is 0.529. The van der Waals surface area contributed by atoms with Gasteiger partial charge in [0.1, 0.15) is 6.54 Å².